The summed E-state index contributed by atoms with van der Waals surface area (Å²) in [5.41, 5.74) is 1.51. The third-order valence-electron chi connectivity index (χ3n) is 6.85. The molecule has 2 aromatic heterocycles. The van der Waals surface area contributed by atoms with Crippen molar-refractivity contribution < 1.29 is 23.0 Å². The van der Waals surface area contributed by atoms with Crippen LogP contribution in [0.25, 0.3) is 22.0 Å². The van der Waals surface area contributed by atoms with Gasteiger partial charge in [0.1, 0.15) is 29.5 Å². The van der Waals surface area contributed by atoms with Gasteiger partial charge in [-0.3, -0.25) is 14.5 Å². The number of halogens is 2. The molecule has 0 spiro atoms. The first kappa shape index (κ1) is 24.6. The molecule has 1 saturated carbocycles. The van der Waals surface area contributed by atoms with Gasteiger partial charge in [0.2, 0.25) is 0 Å². The Kier molecular flexibility index (Phi) is 5.98. The summed E-state index contributed by atoms with van der Waals surface area (Å²) < 4.78 is 43.9. The number of pyridine rings is 1. The van der Waals surface area contributed by atoms with Gasteiger partial charge >= 0.3 is 0 Å². The SMILES string of the molecule is [B]C1([B])c2ncccc2C(=O)N1Cc1c(F)cc(-c2ccc(OCCOC3CC3)c3nn(C)cc23)cc1F. The number of nitrogens with zero attached hydrogens (tertiary/aromatic N) is 4. The quantitative estimate of drug-likeness (QED) is 0.268. The van der Waals surface area contributed by atoms with Crippen LogP contribution in [0.4, 0.5) is 8.78 Å². The highest BCUT2D eigenvalue weighted by atomic mass is 19.1. The lowest BCUT2D eigenvalue weighted by atomic mass is 9.59. The molecule has 2 aromatic carbocycles. The van der Waals surface area contributed by atoms with E-state index in [0.717, 1.165) is 17.7 Å². The number of hydrogen-bond donors (Lipinski definition) is 0. The number of aryl methyl sites for hydroxylation is 1. The fourth-order valence-electron chi connectivity index (χ4n) is 4.77. The molecule has 2 aliphatic rings. The number of benzene rings is 2. The average molecular weight is 510 g/mol. The van der Waals surface area contributed by atoms with Crippen LogP contribution in [0.15, 0.2) is 48.8 Å². The van der Waals surface area contributed by atoms with Crippen molar-refractivity contribution in [2.45, 2.75) is 30.8 Å². The Labute approximate surface area is 220 Å². The van der Waals surface area contributed by atoms with E-state index in [1.165, 1.54) is 24.4 Å². The Hall–Kier alpha value is -3.72. The van der Waals surface area contributed by atoms with Gasteiger partial charge in [-0.1, -0.05) is 0 Å². The molecule has 0 atom stereocenters. The van der Waals surface area contributed by atoms with Crippen LogP contribution >= 0.6 is 0 Å². The van der Waals surface area contributed by atoms with Crippen LogP contribution in [0.2, 0.25) is 0 Å². The van der Waals surface area contributed by atoms with E-state index in [1.54, 1.807) is 36.1 Å². The Bertz CT molecular complexity index is 1550. The number of hydrogen-bond acceptors (Lipinski definition) is 5. The van der Waals surface area contributed by atoms with Crippen LogP contribution in [0, 0.1) is 11.6 Å². The summed E-state index contributed by atoms with van der Waals surface area (Å²) in [6, 6.07) is 9.03. The minimum absolute atomic E-state index is 0.155. The number of ether oxygens (including phenoxy) is 2. The predicted octanol–water partition coefficient (Wildman–Crippen LogP) is 3.57. The maximum Gasteiger partial charge on any atom is 0.255 e. The standard InChI is InChI=1S/C27H22B2F2N4O3/c1-34-13-19-17(6-7-23(24(19)33-34)38-10-9-37-16-4-5-16)15-11-21(30)20(22(31)12-15)14-35-26(36)18-3-2-8-32-25(18)27(35,28)29/h2-3,6-8,11-13,16H,4-5,9-10,14H2,1H3. The maximum atomic E-state index is 15.4. The molecule has 188 valence electrons. The van der Waals surface area contributed by atoms with E-state index in [2.05, 4.69) is 10.1 Å². The van der Waals surface area contributed by atoms with Gasteiger partial charge in [-0.25, -0.2) is 8.78 Å². The second-order valence-electron chi connectivity index (χ2n) is 9.63. The van der Waals surface area contributed by atoms with Crippen LogP contribution in [0.1, 0.15) is 34.5 Å². The fourth-order valence-corrected chi connectivity index (χ4v) is 4.77. The van der Waals surface area contributed by atoms with Crippen LogP contribution in [0.3, 0.4) is 0 Å². The maximum absolute atomic E-state index is 15.4. The molecule has 38 heavy (non-hydrogen) atoms. The lowest BCUT2D eigenvalue weighted by Crippen LogP contribution is -2.45. The molecule has 3 heterocycles. The van der Waals surface area contributed by atoms with Crippen LogP contribution < -0.4 is 4.74 Å². The van der Waals surface area contributed by atoms with Crippen molar-refractivity contribution in [2.24, 2.45) is 7.05 Å². The lowest BCUT2D eigenvalue weighted by Gasteiger charge is -2.33. The molecule has 0 saturated heterocycles. The highest BCUT2D eigenvalue weighted by molar-refractivity contribution is 6.42. The second-order valence-corrected chi connectivity index (χ2v) is 9.63. The molecule has 4 aromatic rings. The van der Waals surface area contributed by atoms with Gasteiger partial charge in [-0.15, -0.1) is 0 Å². The van der Waals surface area contributed by atoms with Crippen molar-refractivity contribution in [1.82, 2.24) is 19.7 Å². The summed E-state index contributed by atoms with van der Waals surface area (Å²) in [6.45, 7) is 0.391. The Morgan fingerprint density at radius 1 is 1.11 bits per heavy atom. The van der Waals surface area contributed by atoms with Gasteiger partial charge in [-0.2, -0.15) is 5.10 Å². The summed E-state index contributed by atoms with van der Waals surface area (Å²) in [7, 11) is 14.1. The monoisotopic (exact) mass is 510 g/mol. The molecule has 0 bridgehead atoms. The first-order valence-corrected chi connectivity index (χ1v) is 12.3. The van der Waals surface area contributed by atoms with Gasteiger partial charge in [0.25, 0.3) is 5.91 Å². The Balaban J connectivity index is 1.29. The predicted molar refractivity (Wildman–Crippen MR) is 138 cm³/mol. The summed E-state index contributed by atoms with van der Waals surface area (Å²) in [5, 5.41) is 3.37. The zero-order valence-electron chi connectivity index (χ0n) is 20.7. The van der Waals surface area contributed by atoms with Crippen LogP contribution in [0.5, 0.6) is 5.75 Å². The lowest BCUT2D eigenvalue weighted by molar-refractivity contribution is 0.0727. The number of fused-ring (bicyclic) bond motifs is 2. The molecule has 6 rings (SSSR count). The summed E-state index contributed by atoms with van der Waals surface area (Å²) >= 11 is 0. The molecular formula is C27H22B2F2N4O3. The first-order valence-electron chi connectivity index (χ1n) is 12.3. The zero-order valence-corrected chi connectivity index (χ0v) is 20.7. The summed E-state index contributed by atoms with van der Waals surface area (Å²) in [6.07, 6.45) is 5.74. The Morgan fingerprint density at radius 3 is 2.58 bits per heavy atom. The number of aromatic nitrogens is 3. The van der Waals surface area contributed by atoms with Crippen molar-refractivity contribution in [2.75, 3.05) is 13.2 Å². The van der Waals surface area contributed by atoms with Crippen LogP contribution in [-0.4, -0.2) is 60.6 Å². The van der Waals surface area contributed by atoms with E-state index in [0.29, 0.717) is 47.1 Å². The van der Waals surface area contributed by atoms with Crippen molar-refractivity contribution >= 4 is 32.5 Å². The fraction of sp³-hybridized carbons (Fsp3) is 0.296. The van der Waals surface area contributed by atoms with Crippen molar-refractivity contribution in [3.05, 3.63) is 77.2 Å². The molecule has 1 amide bonds. The minimum atomic E-state index is -1.80. The molecule has 1 fully saturated rings. The van der Waals surface area contributed by atoms with E-state index in [4.69, 9.17) is 25.2 Å². The number of carbonyl (C=O) groups is 1. The van der Waals surface area contributed by atoms with Crippen molar-refractivity contribution in [3.8, 4) is 16.9 Å². The molecule has 1 aliphatic carbocycles. The molecule has 7 nitrogen and oxygen atoms in total. The normalized spacial score (nSPS) is 16.3. The topological polar surface area (TPSA) is 69.5 Å². The number of rotatable bonds is 8. The molecule has 4 radical (unpaired) electrons. The third-order valence-corrected chi connectivity index (χ3v) is 6.85. The van der Waals surface area contributed by atoms with E-state index < -0.39 is 29.4 Å². The number of carbonyl (C=O) groups excluding carboxylic acids is 1. The molecule has 0 unspecified atom stereocenters. The summed E-state index contributed by atoms with van der Waals surface area (Å²) in [4.78, 5) is 18.0. The molecule has 0 N–H and O–H groups in total. The second kappa shape index (κ2) is 9.23. The Morgan fingerprint density at radius 2 is 1.87 bits per heavy atom. The van der Waals surface area contributed by atoms with Crippen molar-refractivity contribution in [3.63, 3.8) is 0 Å². The molecule has 11 heteroatoms. The minimum Gasteiger partial charge on any atom is -0.489 e. The van der Waals surface area contributed by atoms with E-state index in [-0.39, 0.29) is 16.8 Å². The van der Waals surface area contributed by atoms with E-state index in [1.807, 2.05) is 0 Å². The smallest absolute Gasteiger partial charge is 0.255 e. The average Bonchev–Trinajstić information content (AvgIpc) is 3.59. The number of amides is 1. The third kappa shape index (κ3) is 4.24. The van der Waals surface area contributed by atoms with Gasteiger partial charge in [0, 0.05) is 35.7 Å². The van der Waals surface area contributed by atoms with Gasteiger partial charge in [-0.05, 0) is 60.4 Å². The van der Waals surface area contributed by atoms with E-state index in [9.17, 15) is 4.79 Å². The van der Waals surface area contributed by atoms with Crippen molar-refractivity contribution in [1.29, 1.82) is 0 Å². The molecule has 1 aliphatic heterocycles. The highest BCUT2D eigenvalue weighted by Crippen LogP contribution is 2.38. The molecular weight excluding hydrogens is 488 g/mol. The first-order chi connectivity index (χ1) is 18.2. The van der Waals surface area contributed by atoms with E-state index >= 15 is 8.78 Å². The van der Waals surface area contributed by atoms with Gasteiger partial charge in [0.05, 0.1) is 46.2 Å². The zero-order chi connectivity index (χ0) is 26.6. The largest absolute Gasteiger partial charge is 0.489 e. The van der Waals surface area contributed by atoms with Gasteiger partial charge in [0.15, 0.2) is 0 Å². The highest BCUT2D eigenvalue weighted by Gasteiger charge is 2.43. The summed E-state index contributed by atoms with van der Waals surface area (Å²) in [5.74, 6) is -1.65. The van der Waals surface area contributed by atoms with Gasteiger partial charge < -0.3 is 14.4 Å². The van der Waals surface area contributed by atoms with Crippen LogP contribution in [-0.2, 0) is 23.7 Å².